The number of hydrogen-bond acceptors (Lipinski definition) is 4. The lowest BCUT2D eigenvalue weighted by molar-refractivity contribution is 0.0780. The highest BCUT2D eigenvalue weighted by atomic mass is 16.5. The lowest BCUT2D eigenvalue weighted by Gasteiger charge is -2.18. The molecule has 0 bridgehead atoms. The predicted octanol–water partition coefficient (Wildman–Crippen LogP) is 5.69. The number of fused-ring (bicyclic) bond motifs is 1. The fraction of sp³-hybridized carbons (Fsp3) is 0.321. The molecule has 0 saturated heterocycles. The van der Waals surface area contributed by atoms with E-state index in [1.54, 1.807) is 29.4 Å². The third-order valence-corrected chi connectivity index (χ3v) is 5.96. The molecule has 0 unspecified atom stereocenters. The minimum atomic E-state index is -0.0433. The molecule has 0 aliphatic heterocycles. The minimum Gasteiger partial charge on any atom is -0.493 e. The first-order valence-electron chi connectivity index (χ1n) is 11.9. The first kappa shape index (κ1) is 23.5. The van der Waals surface area contributed by atoms with Crippen molar-refractivity contribution in [3.63, 3.8) is 0 Å². The SMILES string of the molecule is CC(C)c1ccccc1OCCCCn1c(CN(C)C(=O)c2ccncc2)nc2ccccc21. The molecule has 2 heterocycles. The smallest absolute Gasteiger partial charge is 0.254 e. The van der Waals surface area contributed by atoms with Crippen LogP contribution in [0.2, 0.25) is 0 Å². The molecule has 4 rings (SSSR count). The molecule has 0 fully saturated rings. The second-order valence-electron chi connectivity index (χ2n) is 8.81. The van der Waals surface area contributed by atoms with Gasteiger partial charge in [0.2, 0.25) is 0 Å². The number of benzene rings is 2. The highest BCUT2D eigenvalue weighted by molar-refractivity contribution is 5.93. The largest absolute Gasteiger partial charge is 0.493 e. The molecule has 0 radical (unpaired) electrons. The van der Waals surface area contributed by atoms with Crippen LogP contribution in [-0.2, 0) is 13.1 Å². The first-order valence-corrected chi connectivity index (χ1v) is 11.9. The maximum Gasteiger partial charge on any atom is 0.254 e. The fourth-order valence-corrected chi connectivity index (χ4v) is 4.14. The zero-order valence-electron chi connectivity index (χ0n) is 20.1. The van der Waals surface area contributed by atoms with E-state index in [9.17, 15) is 4.79 Å². The van der Waals surface area contributed by atoms with Gasteiger partial charge in [-0.1, -0.05) is 44.2 Å². The predicted molar refractivity (Wildman–Crippen MR) is 135 cm³/mol. The lowest BCUT2D eigenvalue weighted by Crippen LogP contribution is -2.27. The summed E-state index contributed by atoms with van der Waals surface area (Å²) in [5.74, 6) is 2.25. The number of rotatable bonds is 10. The molecule has 4 aromatic rings. The van der Waals surface area contributed by atoms with Crippen molar-refractivity contribution in [2.45, 2.75) is 45.7 Å². The number of nitrogens with zero attached hydrogens (tertiary/aromatic N) is 4. The summed E-state index contributed by atoms with van der Waals surface area (Å²) in [6.07, 6.45) is 5.17. The lowest BCUT2D eigenvalue weighted by atomic mass is 10.0. The van der Waals surface area contributed by atoms with Crippen molar-refractivity contribution in [2.24, 2.45) is 0 Å². The van der Waals surface area contributed by atoms with Gasteiger partial charge < -0.3 is 14.2 Å². The molecule has 0 atom stereocenters. The third kappa shape index (κ3) is 5.45. The Kier molecular flexibility index (Phi) is 7.58. The van der Waals surface area contributed by atoms with Gasteiger partial charge in [0.05, 0.1) is 24.2 Å². The highest BCUT2D eigenvalue weighted by Gasteiger charge is 2.17. The minimum absolute atomic E-state index is 0.0433. The maximum atomic E-state index is 12.8. The van der Waals surface area contributed by atoms with Gasteiger partial charge in [0.1, 0.15) is 11.6 Å². The number of pyridine rings is 1. The number of aryl methyl sites for hydroxylation is 1. The number of imidazole rings is 1. The number of carbonyl (C=O) groups is 1. The summed E-state index contributed by atoms with van der Waals surface area (Å²) in [6, 6.07) is 19.9. The summed E-state index contributed by atoms with van der Waals surface area (Å²) in [5, 5.41) is 0. The molecule has 1 amide bonds. The van der Waals surface area contributed by atoms with Gasteiger partial charge in [-0.05, 0) is 54.7 Å². The van der Waals surface area contributed by atoms with Crippen LogP contribution in [0.4, 0.5) is 0 Å². The van der Waals surface area contributed by atoms with Crippen LogP contribution in [0.1, 0.15) is 54.4 Å². The second-order valence-corrected chi connectivity index (χ2v) is 8.81. The molecule has 0 saturated carbocycles. The van der Waals surface area contributed by atoms with Crippen LogP contribution in [0.3, 0.4) is 0 Å². The molecule has 6 heteroatoms. The summed E-state index contributed by atoms with van der Waals surface area (Å²) in [6.45, 7) is 6.30. The number of unbranched alkanes of at least 4 members (excludes halogenated alkanes) is 1. The van der Waals surface area contributed by atoms with E-state index in [1.807, 2.05) is 37.4 Å². The summed E-state index contributed by atoms with van der Waals surface area (Å²) in [5.41, 5.74) is 3.91. The van der Waals surface area contributed by atoms with Crippen molar-refractivity contribution in [3.8, 4) is 5.75 Å². The molecule has 176 valence electrons. The summed E-state index contributed by atoms with van der Waals surface area (Å²) >= 11 is 0. The Morgan fingerprint density at radius 3 is 2.53 bits per heavy atom. The standard InChI is InChI=1S/C28H32N4O2/c1-21(2)23-10-4-7-13-26(23)34-19-9-8-18-32-25-12-6-5-11-24(25)30-27(32)20-31(3)28(33)22-14-16-29-17-15-22/h4-7,10-17,21H,8-9,18-20H2,1-3H3. The third-order valence-electron chi connectivity index (χ3n) is 5.96. The van der Waals surface area contributed by atoms with E-state index in [-0.39, 0.29) is 5.91 Å². The molecular formula is C28H32N4O2. The molecule has 6 nitrogen and oxygen atoms in total. The Labute approximate surface area is 201 Å². The van der Waals surface area contributed by atoms with E-state index < -0.39 is 0 Å². The van der Waals surface area contributed by atoms with Crippen molar-refractivity contribution < 1.29 is 9.53 Å². The monoisotopic (exact) mass is 456 g/mol. The Morgan fingerprint density at radius 1 is 1.00 bits per heavy atom. The maximum absolute atomic E-state index is 12.8. The summed E-state index contributed by atoms with van der Waals surface area (Å²) in [7, 11) is 1.81. The van der Waals surface area contributed by atoms with Crippen molar-refractivity contribution in [1.82, 2.24) is 19.4 Å². The van der Waals surface area contributed by atoms with E-state index >= 15 is 0 Å². The molecule has 0 aliphatic carbocycles. The van der Waals surface area contributed by atoms with Crippen molar-refractivity contribution >= 4 is 16.9 Å². The number of hydrogen-bond donors (Lipinski definition) is 0. The fourth-order valence-electron chi connectivity index (χ4n) is 4.14. The van der Waals surface area contributed by atoms with E-state index in [2.05, 4.69) is 41.6 Å². The normalized spacial score (nSPS) is 11.2. The summed E-state index contributed by atoms with van der Waals surface area (Å²) < 4.78 is 8.33. The van der Waals surface area contributed by atoms with E-state index in [0.29, 0.717) is 24.6 Å². The van der Waals surface area contributed by atoms with Gasteiger partial charge in [-0.15, -0.1) is 0 Å². The first-order chi connectivity index (χ1) is 16.5. The van der Waals surface area contributed by atoms with Crippen molar-refractivity contribution in [1.29, 1.82) is 0 Å². The molecule has 0 aliphatic rings. The Balaban J connectivity index is 1.41. The zero-order chi connectivity index (χ0) is 23.9. The van der Waals surface area contributed by atoms with Crippen LogP contribution in [0.5, 0.6) is 5.75 Å². The zero-order valence-corrected chi connectivity index (χ0v) is 20.1. The number of ether oxygens (including phenoxy) is 1. The van der Waals surface area contributed by atoms with Gasteiger partial charge >= 0.3 is 0 Å². The molecule has 2 aromatic carbocycles. The Morgan fingerprint density at radius 2 is 1.74 bits per heavy atom. The van der Waals surface area contributed by atoms with Gasteiger partial charge in [-0.3, -0.25) is 9.78 Å². The van der Waals surface area contributed by atoms with E-state index in [4.69, 9.17) is 9.72 Å². The van der Waals surface area contributed by atoms with Crippen LogP contribution in [0.15, 0.2) is 73.1 Å². The van der Waals surface area contributed by atoms with E-state index in [1.165, 1.54) is 5.56 Å². The van der Waals surface area contributed by atoms with Gasteiger partial charge in [-0.2, -0.15) is 0 Å². The quantitative estimate of drug-likeness (QED) is 0.288. The van der Waals surface area contributed by atoms with Crippen LogP contribution in [0.25, 0.3) is 11.0 Å². The van der Waals surface area contributed by atoms with Crippen LogP contribution in [0, 0.1) is 0 Å². The van der Waals surface area contributed by atoms with Gasteiger partial charge in [0.25, 0.3) is 5.91 Å². The number of para-hydroxylation sites is 3. The Bertz CT molecular complexity index is 1230. The van der Waals surface area contributed by atoms with Crippen LogP contribution in [-0.4, -0.2) is 39.0 Å². The molecule has 0 N–H and O–H groups in total. The van der Waals surface area contributed by atoms with Gasteiger partial charge in [0, 0.05) is 31.5 Å². The van der Waals surface area contributed by atoms with Crippen molar-refractivity contribution in [3.05, 3.63) is 90.0 Å². The molecule has 34 heavy (non-hydrogen) atoms. The van der Waals surface area contributed by atoms with Gasteiger partial charge in [0.15, 0.2) is 0 Å². The average Bonchev–Trinajstić information content (AvgIpc) is 3.20. The van der Waals surface area contributed by atoms with E-state index in [0.717, 1.165) is 42.0 Å². The molecule has 0 spiro atoms. The summed E-state index contributed by atoms with van der Waals surface area (Å²) in [4.78, 5) is 23.4. The molecule has 2 aromatic heterocycles. The average molecular weight is 457 g/mol. The highest BCUT2D eigenvalue weighted by Crippen LogP contribution is 2.26. The van der Waals surface area contributed by atoms with Crippen molar-refractivity contribution in [2.75, 3.05) is 13.7 Å². The van der Waals surface area contributed by atoms with Gasteiger partial charge in [-0.25, -0.2) is 4.98 Å². The number of carbonyl (C=O) groups excluding carboxylic acids is 1. The van der Waals surface area contributed by atoms with Crippen LogP contribution >= 0.6 is 0 Å². The topological polar surface area (TPSA) is 60.2 Å². The number of aromatic nitrogens is 3. The molecular weight excluding hydrogens is 424 g/mol. The second kappa shape index (κ2) is 11.0. The van der Waals surface area contributed by atoms with Crippen LogP contribution < -0.4 is 4.74 Å². The number of amides is 1. The Hall–Kier alpha value is -3.67.